The molecule has 2 aliphatic heterocycles. The molecule has 0 radical (unpaired) electrons. The van der Waals surface area contributed by atoms with Gasteiger partial charge in [0, 0.05) is 41.7 Å². The first-order valence-corrected chi connectivity index (χ1v) is 15.3. The number of rotatable bonds is 5. The number of para-hydroxylation sites is 1. The van der Waals surface area contributed by atoms with Gasteiger partial charge in [0.05, 0.1) is 30.7 Å². The van der Waals surface area contributed by atoms with Crippen LogP contribution < -0.4 is 9.64 Å². The van der Waals surface area contributed by atoms with Gasteiger partial charge in [0.2, 0.25) is 10.0 Å². The molecule has 3 heterocycles. The van der Waals surface area contributed by atoms with E-state index in [1.54, 1.807) is 16.9 Å². The molecule has 3 aromatic carbocycles. The quantitative estimate of drug-likeness (QED) is 0.334. The zero-order valence-electron chi connectivity index (χ0n) is 20.5. The zero-order valence-corrected chi connectivity index (χ0v) is 22.9. The van der Waals surface area contributed by atoms with Crippen molar-refractivity contribution in [2.24, 2.45) is 0 Å². The van der Waals surface area contributed by atoms with Crippen LogP contribution in [-0.4, -0.2) is 52.3 Å². The Morgan fingerprint density at radius 2 is 1.68 bits per heavy atom. The monoisotopic (exact) mass is 567 g/mol. The first kappa shape index (κ1) is 25.2. The highest BCUT2D eigenvalue weighted by atomic mass is 35.5. The summed E-state index contributed by atoms with van der Waals surface area (Å²) in [6, 6.07) is 20.6. The normalized spacial score (nSPS) is 17.1. The topological polar surface area (TPSA) is 80.6 Å². The molecule has 0 N–H and O–H groups in total. The second kappa shape index (κ2) is 10.6. The predicted octanol–water partition coefficient (Wildman–Crippen LogP) is 5.03. The van der Waals surface area contributed by atoms with E-state index in [1.165, 1.54) is 4.31 Å². The second-order valence-electron chi connectivity index (χ2n) is 9.22. The minimum absolute atomic E-state index is 0.0842. The summed E-state index contributed by atoms with van der Waals surface area (Å²) in [6.07, 6.45) is 1.79. The molecule has 1 aromatic heterocycles. The van der Waals surface area contributed by atoms with E-state index in [9.17, 15) is 8.42 Å². The molecule has 0 saturated carbocycles. The molecule has 0 unspecified atom stereocenters. The van der Waals surface area contributed by atoms with Gasteiger partial charge in [-0.1, -0.05) is 53.2 Å². The highest BCUT2D eigenvalue weighted by Gasteiger charge is 2.36. The minimum atomic E-state index is -3.95. The van der Waals surface area contributed by atoms with E-state index in [0.29, 0.717) is 34.4 Å². The van der Waals surface area contributed by atoms with Crippen LogP contribution >= 0.6 is 23.4 Å². The van der Waals surface area contributed by atoms with Gasteiger partial charge in [0.1, 0.15) is 16.4 Å². The van der Waals surface area contributed by atoms with E-state index in [-0.39, 0.29) is 18.0 Å². The average molecular weight is 568 g/mol. The molecule has 0 amide bonds. The molecule has 0 aliphatic carbocycles. The lowest BCUT2D eigenvalue weighted by Crippen LogP contribution is -2.36. The maximum atomic E-state index is 14.3. The van der Waals surface area contributed by atoms with E-state index in [4.69, 9.17) is 16.3 Å². The number of halogens is 1. The highest BCUT2D eigenvalue weighted by molar-refractivity contribution is 7.99. The van der Waals surface area contributed by atoms with E-state index in [2.05, 4.69) is 15.2 Å². The number of hydrogen-bond donors (Lipinski definition) is 0. The van der Waals surface area contributed by atoms with Gasteiger partial charge in [-0.15, -0.1) is 5.10 Å². The van der Waals surface area contributed by atoms with Gasteiger partial charge in [0.15, 0.2) is 0 Å². The van der Waals surface area contributed by atoms with Gasteiger partial charge in [-0.05, 0) is 35.9 Å². The van der Waals surface area contributed by atoms with Crippen molar-refractivity contribution in [3.05, 3.63) is 94.8 Å². The van der Waals surface area contributed by atoms with Crippen molar-refractivity contribution in [3.8, 4) is 11.5 Å². The summed E-state index contributed by atoms with van der Waals surface area (Å²) in [5.74, 6) is 2.89. The molecule has 196 valence electrons. The van der Waals surface area contributed by atoms with Crippen LogP contribution in [0.1, 0.15) is 16.8 Å². The largest absolute Gasteiger partial charge is 0.456 e. The molecule has 2 aliphatic rings. The molecule has 1 fully saturated rings. The number of benzene rings is 3. The van der Waals surface area contributed by atoms with Gasteiger partial charge in [-0.25, -0.2) is 13.1 Å². The third-order valence-electron chi connectivity index (χ3n) is 6.63. The number of thioether (sulfide) groups is 1. The van der Waals surface area contributed by atoms with Crippen LogP contribution in [0.15, 0.2) is 77.8 Å². The summed E-state index contributed by atoms with van der Waals surface area (Å²) in [4.78, 5) is 2.35. The van der Waals surface area contributed by atoms with E-state index < -0.39 is 10.0 Å². The zero-order chi connectivity index (χ0) is 26.1. The maximum Gasteiger partial charge on any atom is 0.249 e. The number of aromatic nitrogens is 3. The molecule has 0 spiro atoms. The molecule has 38 heavy (non-hydrogen) atoms. The van der Waals surface area contributed by atoms with Crippen LogP contribution in [0.2, 0.25) is 5.02 Å². The van der Waals surface area contributed by atoms with Crippen molar-refractivity contribution in [1.82, 2.24) is 19.3 Å². The van der Waals surface area contributed by atoms with Gasteiger partial charge in [-0.3, -0.25) is 0 Å². The van der Waals surface area contributed by atoms with Gasteiger partial charge in [-0.2, -0.15) is 16.1 Å². The summed E-state index contributed by atoms with van der Waals surface area (Å²) < 4.78 is 38.1. The Bertz CT molecular complexity index is 1550. The molecule has 1 saturated heterocycles. The maximum absolute atomic E-state index is 14.3. The van der Waals surface area contributed by atoms with Crippen molar-refractivity contribution in [2.45, 2.75) is 24.5 Å². The Balaban J connectivity index is 1.37. The average Bonchev–Trinajstić information content (AvgIpc) is 3.37. The first-order chi connectivity index (χ1) is 18.5. The number of hydrogen-bond acceptors (Lipinski definition) is 7. The van der Waals surface area contributed by atoms with Crippen molar-refractivity contribution >= 4 is 39.1 Å². The number of sulfonamides is 1. The molecule has 0 atom stereocenters. The van der Waals surface area contributed by atoms with Gasteiger partial charge >= 0.3 is 0 Å². The Morgan fingerprint density at radius 3 is 2.50 bits per heavy atom. The number of nitrogens with zero attached hydrogens (tertiary/aromatic N) is 5. The summed E-state index contributed by atoms with van der Waals surface area (Å²) >= 11 is 7.88. The fourth-order valence-electron chi connectivity index (χ4n) is 4.74. The van der Waals surface area contributed by atoms with Crippen LogP contribution in [-0.2, 0) is 29.7 Å². The molecule has 6 rings (SSSR count). The minimum Gasteiger partial charge on any atom is -0.456 e. The van der Waals surface area contributed by atoms with E-state index in [0.717, 1.165) is 35.7 Å². The number of anilines is 1. The predicted molar refractivity (Wildman–Crippen MR) is 150 cm³/mol. The summed E-state index contributed by atoms with van der Waals surface area (Å²) in [7, 11) is -3.95. The molecular formula is C27H26ClN5O3S2. The van der Waals surface area contributed by atoms with Gasteiger partial charge < -0.3 is 9.64 Å². The Morgan fingerprint density at radius 1 is 0.921 bits per heavy atom. The third-order valence-corrected chi connectivity index (χ3v) is 9.69. The lowest BCUT2D eigenvalue weighted by molar-refractivity contribution is 0.371. The molecule has 8 nitrogen and oxygen atoms in total. The summed E-state index contributed by atoms with van der Waals surface area (Å²) in [5, 5.41) is 9.22. The fourth-order valence-corrected chi connectivity index (χ4v) is 7.46. The molecule has 0 bridgehead atoms. The third kappa shape index (κ3) is 5.13. The molecular weight excluding hydrogens is 542 g/mol. The van der Waals surface area contributed by atoms with Crippen molar-refractivity contribution < 1.29 is 13.2 Å². The van der Waals surface area contributed by atoms with Crippen LogP contribution in [0.25, 0.3) is 0 Å². The smallest absolute Gasteiger partial charge is 0.249 e. The standard InChI is InChI=1S/C27H26ClN5O3S2/c28-22-10-8-20(9-11-22)16-32-18-23(29-30-32)19-33-17-21-4-1-2-6-25(21)36-26-7-3-5-24(27(26)38(33,34)35)31-12-14-37-15-13-31/h1-11,18H,12-17,19H2. The SMILES string of the molecule is O=S1(=O)c2c(cccc2N2CCSCC2)Oc2ccccc2CN1Cc1cn(Cc2ccc(Cl)cc2)nn1. The Kier molecular flexibility index (Phi) is 7.05. The highest BCUT2D eigenvalue weighted by Crippen LogP contribution is 2.42. The Hall–Kier alpha value is -3.05. The first-order valence-electron chi connectivity index (χ1n) is 12.3. The summed E-state index contributed by atoms with van der Waals surface area (Å²) in [5.41, 5.74) is 3.05. The van der Waals surface area contributed by atoms with Crippen molar-refractivity contribution in [2.75, 3.05) is 29.5 Å². The van der Waals surface area contributed by atoms with Crippen molar-refractivity contribution in [3.63, 3.8) is 0 Å². The second-order valence-corrected chi connectivity index (χ2v) is 12.8. The molecule has 11 heteroatoms. The van der Waals surface area contributed by atoms with Crippen LogP contribution in [0.5, 0.6) is 11.5 Å². The Labute approximate surface area is 231 Å². The van der Waals surface area contributed by atoms with E-state index in [1.807, 2.05) is 72.4 Å². The van der Waals surface area contributed by atoms with Crippen LogP contribution in [0.3, 0.4) is 0 Å². The number of fused-ring (bicyclic) bond motifs is 2. The van der Waals surface area contributed by atoms with E-state index >= 15 is 0 Å². The summed E-state index contributed by atoms with van der Waals surface area (Å²) in [6.45, 7) is 2.32. The fraction of sp³-hybridized carbons (Fsp3) is 0.259. The molecule has 4 aromatic rings. The van der Waals surface area contributed by atoms with Crippen molar-refractivity contribution in [1.29, 1.82) is 0 Å². The van der Waals surface area contributed by atoms with Crippen LogP contribution in [0.4, 0.5) is 5.69 Å². The van der Waals surface area contributed by atoms with Crippen LogP contribution in [0, 0.1) is 0 Å². The lowest BCUT2D eigenvalue weighted by atomic mass is 10.2. The van der Waals surface area contributed by atoms with Gasteiger partial charge in [0.25, 0.3) is 0 Å². The number of ether oxygens (including phenoxy) is 1. The lowest BCUT2D eigenvalue weighted by Gasteiger charge is -2.33.